The van der Waals surface area contributed by atoms with Gasteiger partial charge in [0.25, 0.3) is 5.91 Å². The van der Waals surface area contributed by atoms with Crippen molar-refractivity contribution in [2.75, 3.05) is 0 Å². The van der Waals surface area contributed by atoms with Crippen LogP contribution in [-0.2, 0) is 17.5 Å². The molecule has 0 bridgehead atoms. The number of aromatic nitrogens is 4. The normalized spacial score (nSPS) is 17.6. The van der Waals surface area contributed by atoms with Gasteiger partial charge in [-0.25, -0.2) is 14.5 Å². The first-order valence-corrected chi connectivity index (χ1v) is 11.5. The zero-order valence-electron chi connectivity index (χ0n) is 17.5. The standard InChI is InChI=1S/C20H19F3N6O2S2/c1-11(13-6-4-3-5-7-13)29-18(31)28(10-25-29)19-27(12(2)15(33-19)16(24)30)8-14-9-32-17(26-14)20(21,22)23/h3-7,9-11,19H,8H2,1-2H3,(H2,24,30). The van der Waals surface area contributed by atoms with Crippen molar-refractivity contribution >= 4 is 29.0 Å². The maximum Gasteiger partial charge on any atom is 0.443 e. The second-order valence-electron chi connectivity index (χ2n) is 7.34. The smallest absolute Gasteiger partial charge is 0.365 e. The molecule has 4 rings (SSSR count). The molecule has 3 aromatic rings. The van der Waals surface area contributed by atoms with Crippen LogP contribution in [0.3, 0.4) is 0 Å². The quantitative estimate of drug-likeness (QED) is 0.561. The molecule has 2 N–H and O–H groups in total. The molecule has 8 nitrogen and oxygen atoms in total. The molecule has 33 heavy (non-hydrogen) atoms. The van der Waals surface area contributed by atoms with E-state index in [1.807, 2.05) is 37.3 Å². The number of primary amides is 1. The van der Waals surface area contributed by atoms with Gasteiger partial charge in [-0.2, -0.15) is 18.3 Å². The predicted molar refractivity (Wildman–Crippen MR) is 118 cm³/mol. The number of benzene rings is 1. The minimum atomic E-state index is -4.54. The van der Waals surface area contributed by atoms with Gasteiger partial charge in [0.15, 0.2) is 10.5 Å². The van der Waals surface area contributed by atoms with Crippen molar-refractivity contribution in [1.29, 1.82) is 0 Å². The van der Waals surface area contributed by atoms with E-state index in [1.54, 1.807) is 11.8 Å². The van der Waals surface area contributed by atoms with E-state index in [-0.39, 0.29) is 23.2 Å². The minimum absolute atomic E-state index is 0.0429. The van der Waals surface area contributed by atoms with Crippen LogP contribution < -0.4 is 11.4 Å². The maximum atomic E-state index is 13.2. The van der Waals surface area contributed by atoms with Crippen LogP contribution in [0, 0.1) is 0 Å². The van der Waals surface area contributed by atoms with Crippen LogP contribution in [0.15, 0.2) is 57.4 Å². The number of hydrogen-bond acceptors (Lipinski definition) is 7. The van der Waals surface area contributed by atoms with Gasteiger partial charge < -0.3 is 10.6 Å². The monoisotopic (exact) mass is 496 g/mol. The molecule has 1 aromatic carbocycles. The lowest BCUT2D eigenvalue weighted by molar-refractivity contribution is -0.137. The van der Waals surface area contributed by atoms with Gasteiger partial charge in [-0.05, 0) is 19.4 Å². The molecule has 0 spiro atoms. The number of amides is 1. The number of carbonyl (C=O) groups is 1. The van der Waals surface area contributed by atoms with Gasteiger partial charge in [-0.1, -0.05) is 42.1 Å². The molecule has 2 aromatic heterocycles. The first-order chi connectivity index (χ1) is 15.6. The summed E-state index contributed by atoms with van der Waals surface area (Å²) >= 11 is 1.54. The Labute approximate surface area is 194 Å². The fraction of sp³-hybridized carbons (Fsp3) is 0.300. The third-order valence-electron chi connectivity index (χ3n) is 5.20. The molecule has 3 heterocycles. The molecule has 0 saturated heterocycles. The Morgan fingerprint density at radius 3 is 2.58 bits per heavy atom. The Balaban J connectivity index is 1.68. The number of thiazole rings is 1. The average molecular weight is 497 g/mol. The highest BCUT2D eigenvalue weighted by Gasteiger charge is 2.38. The molecule has 174 valence electrons. The average Bonchev–Trinajstić information content (AvgIpc) is 3.47. The van der Waals surface area contributed by atoms with Crippen molar-refractivity contribution in [3.63, 3.8) is 0 Å². The number of nitrogens with zero attached hydrogens (tertiary/aromatic N) is 5. The SMILES string of the molecule is CC1=C(C(N)=O)SC(n2cnn(C(C)c3ccccc3)c2=O)N1Cc1csc(C(F)(F)F)n1. The Bertz CT molecular complexity index is 1260. The van der Waals surface area contributed by atoms with E-state index in [0.717, 1.165) is 17.3 Å². The zero-order chi connectivity index (χ0) is 23.9. The molecule has 2 unspecified atom stereocenters. The first kappa shape index (κ1) is 23.1. The summed E-state index contributed by atoms with van der Waals surface area (Å²) in [5.41, 5.74) is 5.82. The second kappa shape index (κ2) is 8.71. The molecule has 0 saturated carbocycles. The highest BCUT2D eigenvalue weighted by molar-refractivity contribution is 8.04. The Hall–Kier alpha value is -3.06. The topological polar surface area (TPSA) is 99.0 Å². The van der Waals surface area contributed by atoms with Gasteiger partial charge in [-0.15, -0.1) is 11.3 Å². The molecule has 0 radical (unpaired) electrons. The number of hydrogen-bond donors (Lipinski definition) is 1. The number of rotatable bonds is 6. The highest BCUT2D eigenvalue weighted by atomic mass is 32.2. The summed E-state index contributed by atoms with van der Waals surface area (Å²) in [5, 5.41) is 4.59. The highest BCUT2D eigenvalue weighted by Crippen LogP contribution is 2.45. The molecule has 0 aliphatic carbocycles. The third kappa shape index (κ3) is 4.42. The van der Waals surface area contributed by atoms with Crippen LogP contribution in [0.5, 0.6) is 0 Å². The van der Waals surface area contributed by atoms with Crippen molar-refractivity contribution in [3.8, 4) is 0 Å². The van der Waals surface area contributed by atoms with Crippen LogP contribution in [0.2, 0.25) is 0 Å². The van der Waals surface area contributed by atoms with E-state index >= 15 is 0 Å². The largest absolute Gasteiger partial charge is 0.443 e. The predicted octanol–water partition coefficient (Wildman–Crippen LogP) is 3.55. The lowest BCUT2D eigenvalue weighted by atomic mass is 10.1. The molecular weight excluding hydrogens is 477 g/mol. The molecule has 0 fully saturated rings. The number of alkyl halides is 3. The summed E-state index contributed by atoms with van der Waals surface area (Å²) < 4.78 is 41.6. The fourth-order valence-corrected chi connectivity index (χ4v) is 5.40. The van der Waals surface area contributed by atoms with Crippen molar-refractivity contribution in [1.82, 2.24) is 24.2 Å². The summed E-state index contributed by atoms with van der Waals surface area (Å²) in [7, 11) is 0. The Morgan fingerprint density at radius 2 is 1.97 bits per heavy atom. The van der Waals surface area contributed by atoms with Crippen molar-refractivity contribution in [2.45, 2.75) is 38.1 Å². The Morgan fingerprint density at radius 1 is 1.27 bits per heavy atom. The maximum absolute atomic E-state index is 13.2. The van der Waals surface area contributed by atoms with E-state index < -0.39 is 28.3 Å². The number of carbonyl (C=O) groups excluding carboxylic acids is 1. The molecule has 1 amide bonds. The van der Waals surface area contributed by atoms with Crippen LogP contribution in [0.1, 0.15) is 41.7 Å². The summed E-state index contributed by atoms with van der Waals surface area (Å²) in [5.74, 6) is -0.683. The Kier molecular flexibility index (Phi) is 6.10. The van der Waals surface area contributed by atoms with Gasteiger partial charge in [0.1, 0.15) is 6.33 Å². The number of allylic oxidation sites excluding steroid dienone is 1. The van der Waals surface area contributed by atoms with E-state index in [2.05, 4.69) is 10.1 Å². The molecule has 1 aliphatic heterocycles. The summed E-state index contributed by atoms with van der Waals surface area (Å²) in [6.45, 7) is 3.42. The van der Waals surface area contributed by atoms with Gasteiger partial charge in [0.05, 0.1) is 23.2 Å². The van der Waals surface area contributed by atoms with E-state index in [4.69, 9.17) is 5.73 Å². The summed E-state index contributed by atoms with van der Waals surface area (Å²) in [6, 6.07) is 8.99. The van der Waals surface area contributed by atoms with Gasteiger partial charge >= 0.3 is 11.9 Å². The van der Waals surface area contributed by atoms with Gasteiger partial charge in [0.2, 0.25) is 0 Å². The van der Waals surface area contributed by atoms with Crippen molar-refractivity contribution in [3.05, 3.63) is 79.4 Å². The lowest BCUT2D eigenvalue weighted by Crippen LogP contribution is -2.34. The van der Waals surface area contributed by atoms with Crippen molar-refractivity contribution < 1.29 is 18.0 Å². The van der Waals surface area contributed by atoms with Gasteiger partial charge in [0, 0.05) is 11.1 Å². The zero-order valence-corrected chi connectivity index (χ0v) is 19.1. The fourth-order valence-electron chi connectivity index (χ4n) is 3.49. The van der Waals surface area contributed by atoms with Crippen LogP contribution in [0.4, 0.5) is 13.2 Å². The van der Waals surface area contributed by atoms with Crippen molar-refractivity contribution in [2.24, 2.45) is 5.73 Å². The lowest BCUT2D eigenvalue weighted by Gasteiger charge is -2.26. The van der Waals surface area contributed by atoms with Crippen LogP contribution in [-0.4, -0.2) is 30.1 Å². The summed E-state index contributed by atoms with van der Waals surface area (Å²) in [6.07, 6.45) is -3.19. The third-order valence-corrected chi connectivity index (χ3v) is 7.56. The minimum Gasteiger partial charge on any atom is -0.365 e. The van der Waals surface area contributed by atoms with Crippen LogP contribution in [0.25, 0.3) is 0 Å². The first-order valence-electron chi connectivity index (χ1n) is 9.74. The number of halogens is 3. The molecule has 1 aliphatic rings. The van der Waals surface area contributed by atoms with Gasteiger partial charge in [-0.3, -0.25) is 9.36 Å². The molecule has 2 atom stereocenters. The molecule has 13 heteroatoms. The molecular formula is C20H19F3N6O2S2. The van der Waals surface area contributed by atoms with E-state index in [1.165, 1.54) is 21.0 Å². The number of nitrogens with two attached hydrogens (primary N) is 1. The van der Waals surface area contributed by atoms with E-state index in [0.29, 0.717) is 17.0 Å². The number of thioether (sulfide) groups is 1. The van der Waals surface area contributed by atoms with Crippen LogP contribution >= 0.6 is 23.1 Å². The summed E-state index contributed by atoms with van der Waals surface area (Å²) in [4.78, 5) is 30.7. The van der Waals surface area contributed by atoms with E-state index in [9.17, 15) is 22.8 Å². The second-order valence-corrected chi connectivity index (χ2v) is 9.27.